The molecule has 0 amide bonds. The van der Waals surface area contributed by atoms with Crippen LogP contribution >= 0.6 is 0 Å². The molecule has 202 valence electrons. The number of allylic oxidation sites excluding steroid dienone is 2. The Morgan fingerprint density at radius 2 is 1.78 bits per heavy atom. The number of esters is 1. The summed E-state index contributed by atoms with van der Waals surface area (Å²) in [6.45, 7) is 16.5. The molecule has 0 saturated heterocycles. The van der Waals surface area contributed by atoms with Gasteiger partial charge >= 0.3 is 5.97 Å². The summed E-state index contributed by atoms with van der Waals surface area (Å²) in [5.74, 6) is 2.17. The summed E-state index contributed by atoms with van der Waals surface area (Å²) in [6, 6.07) is 0. The van der Waals surface area contributed by atoms with Crippen LogP contribution in [-0.4, -0.2) is 24.0 Å². The Hall–Kier alpha value is -1.91. The van der Waals surface area contributed by atoms with Gasteiger partial charge < -0.3 is 9.26 Å². The lowest BCUT2D eigenvalue weighted by molar-refractivity contribution is -0.184. The number of fused-ring (bicyclic) bond motifs is 8. The molecular formula is C32H45NO4. The standard InChI is InChI=1S/C32H45NO4/c1-18-9-11-28(3)13-14-30(5)21(24(28)19(18)2)15-22(34)25-29(4)16-20-17-33-37-26(20)32(7,27(35)36-8)23(29)10-12-31(25,30)6/h15,17-19,23-25H,9-14,16H2,1-8H3/t18-,19+,23-,24+,25-,28-,29+,30-,31-,32-/m1/s1. The van der Waals surface area contributed by atoms with E-state index in [1.807, 2.05) is 6.92 Å². The zero-order valence-electron chi connectivity index (χ0n) is 24.1. The van der Waals surface area contributed by atoms with Gasteiger partial charge in [-0.25, -0.2) is 0 Å². The molecule has 0 aliphatic heterocycles. The minimum absolute atomic E-state index is 0.0222. The molecule has 1 heterocycles. The van der Waals surface area contributed by atoms with Gasteiger partial charge in [-0.1, -0.05) is 52.3 Å². The largest absolute Gasteiger partial charge is 0.468 e. The number of carbonyl (C=O) groups excluding carboxylic acids is 2. The Balaban J connectivity index is 1.52. The van der Waals surface area contributed by atoms with Gasteiger partial charge in [0.1, 0.15) is 5.41 Å². The monoisotopic (exact) mass is 507 g/mol. The maximum Gasteiger partial charge on any atom is 0.319 e. The predicted molar refractivity (Wildman–Crippen MR) is 142 cm³/mol. The van der Waals surface area contributed by atoms with Crippen LogP contribution in [0.15, 0.2) is 22.4 Å². The third kappa shape index (κ3) is 2.84. The number of rotatable bonds is 1. The van der Waals surface area contributed by atoms with E-state index in [4.69, 9.17) is 9.26 Å². The zero-order valence-corrected chi connectivity index (χ0v) is 24.1. The van der Waals surface area contributed by atoms with Crippen molar-refractivity contribution in [3.8, 4) is 0 Å². The van der Waals surface area contributed by atoms with E-state index in [2.05, 4.69) is 52.8 Å². The zero-order chi connectivity index (χ0) is 26.8. The Bertz CT molecular complexity index is 1200. The number of nitrogens with zero attached hydrogens (tertiary/aromatic N) is 1. The number of ketones is 1. The predicted octanol–water partition coefficient (Wildman–Crippen LogP) is 6.70. The van der Waals surface area contributed by atoms with Crippen LogP contribution < -0.4 is 0 Å². The maximum absolute atomic E-state index is 14.5. The highest BCUT2D eigenvalue weighted by molar-refractivity contribution is 5.96. The van der Waals surface area contributed by atoms with Gasteiger partial charge in [-0.3, -0.25) is 9.59 Å². The highest BCUT2D eigenvalue weighted by atomic mass is 16.5. The van der Waals surface area contributed by atoms with Gasteiger partial charge in [0.25, 0.3) is 0 Å². The SMILES string of the molecule is COC(=O)[C@@]1(C)c2oncc2C[C@@]2(C)[C@H]1CC[C@]1(C)[C@@H]2C(=O)C=C2[C@@H]3[C@@H](C)[C@H](C)CC[C@]3(C)CC[C@]21C. The van der Waals surface area contributed by atoms with E-state index < -0.39 is 5.41 Å². The molecule has 1 aromatic heterocycles. The van der Waals surface area contributed by atoms with E-state index in [1.54, 1.807) is 6.20 Å². The number of carbonyl (C=O) groups is 2. The number of ether oxygens (including phenoxy) is 1. The number of hydrogen-bond acceptors (Lipinski definition) is 5. The van der Waals surface area contributed by atoms with E-state index in [1.165, 1.54) is 31.9 Å². The first-order valence-corrected chi connectivity index (χ1v) is 14.6. The van der Waals surface area contributed by atoms with Crippen LogP contribution in [0.5, 0.6) is 0 Å². The third-order valence-electron chi connectivity index (χ3n) is 13.4. The lowest BCUT2D eigenvalue weighted by atomic mass is 9.33. The molecule has 5 aliphatic rings. The molecular weight excluding hydrogens is 462 g/mol. The van der Waals surface area contributed by atoms with E-state index in [-0.39, 0.29) is 45.2 Å². The summed E-state index contributed by atoms with van der Waals surface area (Å²) in [6.07, 6.45) is 11.3. The molecule has 3 saturated carbocycles. The summed E-state index contributed by atoms with van der Waals surface area (Å²) >= 11 is 0. The quantitative estimate of drug-likeness (QED) is 0.396. The van der Waals surface area contributed by atoms with E-state index >= 15 is 0 Å². The van der Waals surface area contributed by atoms with E-state index in [9.17, 15) is 9.59 Å². The van der Waals surface area contributed by atoms with Crippen molar-refractivity contribution < 1.29 is 18.8 Å². The average molecular weight is 508 g/mol. The average Bonchev–Trinajstić information content (AvgIpc) is 3.31. The van der Waals surface area contributed by atoms with Gasteiger partial charge in [0.15, 0.2) is 11.5 Å². The smallest absolute Gasteiger partial charge is 0.319 e. The van der Waals surface area contributed by atoms with Crippen molar-refractivity contribution in [2.24, 2.45) is 51.2 Å². The molecule has 10 atom stereocenters. The number of hydrogen-bond donors (Lipinski definition) is 0. The lowest BCUT2D eigenvalue weighted by Gasteiger charge is -2.69. The molecule has 0 spiro atoms. The summed E-state index contributed by atoms with van der Waals surface area (Å²) in [4.78, 5) is 27.9. The molecule has 5 heteroatoms. The second-order valence-corrected chi connectivity index (χ2v) is 14.8. The van der Waals surface area contributed by atoms with Crippen molar-refractivity contribution in [2.75, 3.05) is 7.11 Å². The molecule has 0 bridgehead atoms. The molecule has 37 heavy (non-hydrogen) atoms. The molecule has 1 aromatic rings. The number of aromatic nitrogens is 1. The minimum atomic E-state index is -0.946. The van der Waals surface area contributed by atoms with Gasteiger partial charge in [0, 0.05) is 11.5 Å². The molecule has 5 nitrogen and oxygen atoms in total. The van der Waals surface area contributed by atoms with Crippen molar-refractivity contribution >= 4 is 11.8 Å². The minimum Gasteiger partial charge on any atom is -0.468 e. The molecule has 0 radical (unpaired) electrons. The summed E-state index contributed by atoms with van der Waals surface area (Å²) < 4.78 is 11.1. The van der Waals surface area contributed by atoms with Crippen molar-refractivity contribution in [2.45, 2.75) is 98.8 Å². The normalized spacial score (nSPS) is 50.5. The Morgan fingerprint density at radius 1 is 1.05 bits per heavy atom. The van der Waals surface area contributed by atoms with Gasteiger partial charge in [0.05, 0.1) is 13.3 Å². The maximum atomic E-state index is 14.5. The van der Waals surface area contributed by atoms with Crippen LogP contribution in [0.4, 0.5) is 0 Å². The first-order chi connectivity index (χ1) is 17.3. The summed E-state index contributed by atoms with van der Waals surface area (Å²) in [7, 11) is 1.45. The molecule has 0 aromatic carbocycles. The molecule has 5 aliphatic carbocycles. The van der Waals surface area contributed by atoms with Crippen molar-refractivity contribution in [3.63, 3.8) is 0 Å². The molecule has 0 N–H and O–H groups in total. The van der Waals surface area contributed by atoms with Gasteiger partial charge in [-0.05, 0) is 103 Å². The first-order valence-electron chi connectivity index (χ1n) is 14.6. The topological polar surface area (TPSA) is 69.4 Å². The molecule has 0 unspecified atom stereocenters. The molecule has 6 rings (SSSR count). The molecule has 3 fully saturated rings. The highest BCUT2D eigenvalue weighted by Gasteiger charge is 2.72. The first kappa shape index (κ1) is 25.4. The Labute approximate surface area is 222 Å². The van der Waals surface area contributed by atoms with E-state index in [0.717, 1.165) is 24.8 Å². The lowest BCUT2D eigenvalue weighted by Crippen LogP contribution is -2.67. The number of methoxy groups -OCH3 is 1. The fourth-order valence-corrected chi connectivity index (χ4v) is 11.1. The van der Waals surface area contributed by atoms with E-state index in [0.29, 0.717) is 29.9 Å². The summed E-state index contributed by atoms with van der Waals surface area (Å²) in [5, 5.41) is 4.11. The van der Waals surface area contributed by atoms with Gasteiger partial charge in [0.2, 0.25) is 0 Å². The van der Waals surface area contributed by atoms with Crippen LogP contribution in [0.1, 0.15) is 98.3 Å². The highest BCUT2D eigenvalue weighted by Crippen LogP contribution is 2.74. The van der Waals surface area contributed by atoms with Crippen LogP contribution in [-0.2, 0) is 26.2 Å². The summed E-state index contributed by atoms with van der Waals surface area (Å²) in [5.41, 5.74) is 1.17. The van der Waals surface area contributed by atoms with Crippen molar-refractivity contribution in [1.29, 1.82) is 0 Å². The van der Waals surface area contributed by atoms with Crippen LogP contribution in [0.25, 0.3) is 0 Å². The fraction of sp³-hybridized carbons (Fsp3) is 0.781. The van der Waals surface area contributed by atoms with Gasteiger partial charge in [-0.2, -0.15) is 0 Å². The van der Waals surface area contributed by atoms with Crippen LogP contribution in [0.2, 0.25) is 0 Å². The van der Waals surface area contributed by atoms with Crippen LogP contribution in [0, 0.1) is 51.2 Å². The van der Waals surface area contributed by atoms with Gasteiger partial charge in [-0.15, -0.1) is 0 Å². The van der Waals surface area contributed by atoms with Crippen molar-refractivity contribution in [3.05, 3.63) is 29.2 Å². The Kier molecular flexibility index (Phi) is 5.21. The van der Waals surface area contributed by atoms with Crippen molar-refractivity contribution in [1.82, 2.24) is 5.16 Å². The third-order valence-corrected chi connectivity index (χ3v) is 13.4. The Morgan fingerprint density at radius 3 is 2.49 bits per heavy atom. The second-order valence-electron chi connectivity index (χ2n) is 14.8. The fourth-order valence-electron chi connectivity index (χ4n) is 11.1. The van der Waals surface area contributed by atoms with Crippen LogP contribution in [0.3, 0.4) is 0 Å². The second kappa shape index (κ2) is 7.60.